The van der Waals surface area contributed by atoms with Crippen molar-refractivity contribution in [2.75, 3.05) is 20.3 Å². The van der Waals surface area contributed by atoms with E-state index < -0.39 is 17.7 Å². The van der Waals surface area contributed by atoms with Gasteiger partial charge in [0.15, 0.2) is 0 Å². The molecule has 162 valence electrons. The number of aliphatic hydroxyl groups is 1. The summed E-state index contributed by atoms with van der Waals surface area (Å²) in [4.78, 5) is 27.6. The second kappa shape index (κ2) is 8.94. The lowest BCUT2D eigenvalue weighted by molar-refractivity contribution is -0.140. The quantitative estimate of drug-likeness (QED) is 0.436. The average Bonchev–Trinajstić information content (AvgIpc) is 3.41. The van der Waals surface area contributed by atoms with Gasteiger partial charge in [0.1, 0.15) is 11.5 Å². The molecule has 0 spiro atoms. The van der Waals surface area contributed by atoms with Crippen LogP contribution in [0.1, 0.15) is 42.5 Å². The third-order valence-corrected chi connectivity index (χ3v) is 6.03. The molecule has 2 aliphatic heterocycles. The van der Waals surface area contributed by atoms with Gasteiger partial charge in [-0.25, -0.2) is 0 Å². The number of methoxy groups -OCH3 is 1. The smallest absolute Gasteiger partial charge is 0.295 e. The van der Waals surface area contributed by atoms with E-state index >= 15 is 0 Å². The van der Waals surface area contributed by atoms with Gasteiger partial charge in [-0.15, -0.1) is 0 Å². The number of hydrogen-bond acceptors (Lipinski definition) is 5. The zero-order chi connectivity index (χ0) is 22.0. The third-order valence-electron chi connectivity index (χ3n) is 6.03. The van der Waals surface area contributed by atoms with E-state index in [2.05, 4.69) is 6.92 Å². The van der Waals surface area contributed by atoms with Crippen molar-refractivity contribution in [1.29, 1.82) is 0 Å². The molecule has 2 fully saturated rings. The Bertz CT molecular complexity index is 988. The molecule has 2 aromatic carbocycles. The molecule has 2 heterocycles. The van der Waals surface area contributed by atoms with Crippen LogP contribution in [-0.2, 0) is 20.7 Å². The molecule has 1 N–H and O–H groups in total. The molecule has 2 saturated heterocycles. The lowest BCUT2D eigenvalue weighted by Crippen LogP contribution is -2.36. The summed E-state index contributed by atoms with van der Waals surface area (Å²) in [6, 6.07) is 14.0. The zero-order valence-corrected chi connectivity index (χ0v) is 17.8. The predicted molar refractivity (Wildman–Crippen MR) is 117 cm³/mol. The standard InChI is InChI=1S/C25H27NO5/c1-3-16-6-8-17(9-7-16)22-21(23(27)18-10-12-19(30-2)13-11-18)24(28)25(29)26(22)15-20-5-4-14-31-20/h6-13,20,22,27H,3-5,14-15H2,1-2H3/b23-21+/t20-,22+/m0/s1. The molecule has 1 amide bonds. The number of rotatable bonds is 6. The minimum Gasteiger partial charge on any atom is -0.507 e. The molecular formula is C25H27NO5. The van der Waals surface area contributed by atoms with Crippen molar-refractivity contribution >= 4 is 17.4 Å². The van der Waals surface area contributed by atoms with Gasteiger partial charge in [-0.2, -0.15) is 0 Å². The van der Waals surface area contributed by atoms with Crippen molar-refractivity contribution in [1.82, 2.24) is 4.90 Å². The second-order valence-electron chi connectivity index (χ2n) is 7.91. The number of nitrogens with zero attached hydrogens (tertiary/aromatic N) is 1. The van der Waals surface area contributed by atoms with Gasteiger partial charge in [0.25, 0.3) is 11.7 Å². The minimum atomic E-state index is -0.670. The van der Waals surface area contributed by atoms with Gasteiger partial charge in [-0.05, 0) is 54.7 Å². The number of ketones is 1. The Labute approximate surface area is 182 Å². The Hall–Kier alpha value is -3.12. The van der Waals surface area contributed by atoms with Crippen LogP contribution in [0.2, 0.25) is 0 Å². The van der Waals surface area contributed by atoms with Crippen molar-refractivity contribution in [2.45, 2.75) is 38.3 Å². The van der Waals surface area contributed by atoms with Crippen LogP contribution in [0, 0.1) is 0 Å². The van der Waals surface area contributed by atoms with Gasteiger partial charge in [0, 0.05) is 18.7 Å². The number of hydrogen-bond donors (Lipinski definition) is 1. The number of amides is 1. The molecule has 4 rings (SSSR count). The van der Waals surface area contributed by atoms with Crippen molar-refractivity contribution in [3.8, 4) is 5.75 Å². The van der Waals surface area contributed by atoms with Crippen molar-refractivity contribution in [3.05, 3.63) is 70.8 Å². The molecule has 0 unspecified atom stereocenters. The summed E-state index contributed by atoms with van der Waals surface area (Å²) in [5.41, 5.74) is 2.53. The fourth-order valence-corrected chi connectivity index (χ4v) is 4.26. The first-order valence-corrected chi connectivity index (χ1v) is 10.7. The monoisotopic (exact) mass is 421 g/mol. The average molecular weight is 421 g/mol. The molecule has 0 radical (unpaired) electrons. The van der Waals surface area contributed by atoms with Gasteiger partial charge in [-0.1, -0.05) is 31.2 Å². The molecule has 31 heavy (non-hydrogen) atoms. The van der Waals surface area contributed by atoms with Crippen molar-refractivity contribution in [2.24, 2.45) is 0 Å². The fourth-order valence-electron chi connectivity index (χ4n) is 4.26. The van der Waals surface area contributed by atoms with Crippen molar-refractivity contribution in [3.63, 3.8) is 0 Å². The summed E-state index contributed by atoms with van der Waals surface area (Å²) in [6.45, 7) is 3.06. The zero-order valence-electron chi connectivity index (χ0n) is 17.8. The Morgan fingerprint density at radius 3 is 2.42 bits per heavy atom. The van der Waals surface area contributed by atoms with E-state index in [-0.39, 0.29) is 17.4 Å². The third kappa shape index (κ3) is 4.08. The van der Waals surface area contributed by atoms with Crippen LogP contribution in [0.4, 0.5) is 0 Å². The van der Waals surface area contributed by atoms with Crippen LogP contribution >= 0.6 is 0 Å². The summed E-state index contributed by atoms with van der Waals surface area (Å²) in [5, 5.41) is 11.1. The first-order chi connectivity index (χ1) is 15.0. The number of carbonyl (C=O) groups excluding carboxylic acids is 2. The molecule has 6 heteroatoms. The molecule has 0 aromatic heterocycles. The minimum absolute atomic E-state index is 0.100. The highest BCUT2D eigenvalue weighted by atomic mass is 16.5. The highest BCUT2D eigenvalue weighted by molar-refractivity contribution is 6.46. The number of carbonyl (C=O) groups is 2. The molecule has 2 aliphatic rings. The van der Waals surface area contributed by atoms with Gasteiger partial charge in [0.2, 0.25) is 0 Å². The van der Waals surface area contributed by atoms with E-state index in [1.54, 1.807) is 36.3 Å². The number of benzene rings is 2. The maximum absolute atomic E-state index is 13.1. The summed E-state index contributed by atoms with van der Waals surface area (Å²) < 4.78 is 10.9. The van der Waals surface area contributed by atoms with Crippen LogP contribution in [0.15, 0.2) is 54.1 Å². The molecule has 0 saturated carbocycles. The molecule has 0 aliphatic carbocycles. The van der Waals surface area contributed by atoms with Gasteiger partial charge in [-0.3, -0.25) is 9.59 Å². The molecule has 2 aromatic rings. The summed E-state index contributed by atoms with van der Waals surface area (Å²) in [5.74, 6) is -0.812. The van der Waals surface area contributed by atoms with Crippen LogP contribution < -0.4 is 4.74 Å². The van der Waals surface area contributed by atoms with E-state index in [9.17, 15) is 14.7 Å². The summed E-state index contributed by atoms with van der Waals surface area (Å²) >= 11 is 0. The fraction of sp³-hybridized carbons (Fsp3) is 0.360. The van der Waals surface area contributed by atoms with Crippen LogP contribution in [-0.4, -0.2) is 48.1 Å². The topological polar surface area (TPSA) is 76.1 Å². The Balaban J connectivity index is 1.79. The first-order valence-electron chi connectivity index (χ1n) is 10.7. The van der Waals surface area contributed by atoms with Crippen LogP contribution in [0.25, 0.3) is 5.76 Å². The van der Waals surface area contributed by atoms with E-state index in [0.29, 0.717) is 24.5 Å². The first kappa shape index (κ1) is 21.1. The van der Waals surface area contributed by atoms with Crippen LogP contribution in [0.5, 0.6) is 5.75 Å². The normalized spacial score (nSPS) is 22.8. The van der Waals surface area contributed by atoms with E-state index in [1.165, 1.54) is 0 Å². The van der Waals surface area contributed by atoms with Gasteiger partial charge in [0.05, 0.1) is 24.8 Å². The maximum Gasteiger partial charge on any atom is 0.295 e. The van der Waals surface area contributed by atoms with E-state index in [0.717, 1.165) is 30.4 Å². The second-order valence-corrected chi connectivity index (χ2v) is 7.91. The van der Waals surface area contributed by atoms with E-state index in [4.69, 9.17) is 9.47 Å². The lowest BCUT2D eigenvalue weighted by atomic mass is 9.94. The Morgan fingerprint density at radius 2 is 1.84 bits per heavy atom. The number of Topliss-reactive ketones (excluding diaryl/α,β-unsaturated/α-hetero) is 1. The highest BCUT2D eigenvalue weighted by Gasteiger charge is 2.47. The maximum atomic E-state index is 13.1. The number of likely N-dealkylation sites (tertiary alicyclic amines) is 1. The molecule has 0 bridgehead atoms. The van der Waals surface area contributed by atoms with Gasteiger partial charge >= 0.3 is 0 Å². The number of aryl methyl sites for hydroxylation is 1. The molecule has 2 atom stereocenters. The highest BCUT2D eigenvalue weighted by Crippen LogP contribution is 2.40. The van der Waals surface area contributed by atoms with Crippen molar-refractivity contribution < 1.29 is 24.2 Å². The Morgan fingerprint density at radius 1 is 1.13 bits per heavy atom. The van der Waals surface area contributed by atoms with Gasteiger partial charge < -0.3 is 19.5 Å². The summed E-state index contributed by atoms with van der Waals surface area (Å²) in [7, 11) is 1.56. The predicted octanol–water partition coefficient (Wildman–Crippen LogP) is 3.86. The lowest BCUT2D eigenvalue weighted by Gasteiger charge is -2.27. The molecular weight excluding hydrogens is 394 g/mol. The van der Waals surface area contributed by atoms with Crippen LogP contribution in [0.3, 0.4) is 0 Å². The largest absolute Gasteiger partial charge is 0.507 e. The summed E-state index contributed by atoms with van der Waals surface area (Å²) in [6.07, 6.45) is 2.58. The van der Waals surface area contributed by atoms with E-state index in [1.807, 2.05) is 24.3 Å². The SMILES string of the molecule is CCc1ccc([C@@H]2/C(=C(\O)c3ccc(OC)cc3)C(=O)C(=O)N2C[C@@H]2CCCO2)cc1. The number of aliphatic hydroxyl groups excluding tert-OH is 1. The Kier molecular flexibility index (Phi) is 6.09. The number of ether oxygens (including phenoxy) is 2. The molecule has 6 nitrogen and oxygen atoms in total.